The van der Waals surface area contributed by atoms with Crippen molar-refractivity contribution in [3.63, 3.8) is 0 Å². The van der Waals surface area contributed by atoms with E-state index in [4.69, 9.17) is 4.74 Å². The lowest BCUT2D eigenvalue weighted by atomic mass is 10.5. The van der Waals surface area contributed by atoms with Gasteiger partial charge in [0.25, 0.3) is 0 Å². The first-order valence-corrected chi connectivity index (χ1v) is 5.91. The molecule has 2 aromatic rings. The highest BCUT2D eigenvalue weighted by Crippen LogP contribution is 1.99. The van der Waals surface area contributed by atoms with Gasteiger partial charge in [-0.25, -0.2) is 15.0 Å². The molecule has 0 saturated carbocycles. The maximum Gasteiger partial charge on any atom is 0.302 e. The van der Waals surface area contributed by atoms with Crippen LogP contribution in [0.15, 0.2) is 18.9 Å². The van der Waals surface area contributed by atoms with Crippen LogP contribution >= 0.6 is 0 Å². The molecule has 7 heteroatoms. The van der Waals surface area contributed by atoms with Gasteiger partial charge in [0, 0.05) is 6.92 Å². The summed E-state index contributed by atoms with van der Waals surface area (Å²) in [4.78, 5) is 24.8. The number of carbonyl (C=O) groups is 1. The van der Waals surface area contributed by atoms with Gasteiger partial charge in [-0.1, -0.05) is 0 Å². The Kier molecular flexibility index (Phi) is 5.37. The number of quaternary nitrogens is 1. The number of aromatic nitrogens is 4. The third kappa shape index (κ3) is 6.46. The van der Waals surface area contributed by atoms with E-state index in [1.54, 1.807) is 12.5 Å². The van der Waals surface area contributed by atoms with Crippen molar-refractivity contribution >= 4 is 17.1 Å². The van der Waals surface area contributed by atoms with Gasteiger partial charge < -0.3 is 14.2 Å². The Hall–Kier alpha value is -2.02. The largest absolute Gasteiger partial charge is 0.460 e. The van der Waals surface area contributed by atoms with Crippen LogP contribution < -0.4 is 0 Å². The van der Waals surface area contributed by atoms with Gasteiger partial charge in [-0.05, 0) is 0 Å². The summed E-state index contributed by atoms with van der Waals surface area (Å²) in [5.74, 6) is -0.201. The molecule has 0 fully saturated rings. The molecule has 0 aliphatic carbocycles. The second-order valence-corrected chi connectivity index (χ2v) is 5.02. The topological polar surface area (TPSA) is 80.8 Å². The molecule has 7 nitrogen and oxygen atoms in total. The summed E-state index contributed by atoms with van der Waals surface area (Å²) in [7, 11) is 6.18. The van der Waals surface area contributed by atoms with E-state index in [0.717, 1.165) is 16.5 Å². The van der Waals surface area contributed by atoms with E-state index >= 15 is 0 Å². The van der Waals surface area contributed by atoms with E-state index in [2.05, 4.69) is 41.1 Å². The highest BCUT2D eigenvalue weighted by Gasteiger charge is 2.06. The van der Waals surface area contributed by atoms with E-state index in [-0.39, 0.29) is 5.97 Å². The Morgan fingerprint density at radius 3 is 2.68 bits per heavy atom. The van der Waals surface area contributed by atoms with Gasteiger partial charge >= 0.3 is 5.97 Å². The van der Waals surface area contributed by atoms with Gasteiger partial charge in [0.05, 0.1) is 33.7 Å². The van der Waals surface area contributed by atoms with E-state index in [1.807, 2.05) is 0 Å². The number of hydrogen-bond donors (Lipinski definition) is 1. The summed E-state index contributed by atoms with van der Waals surface area (Å²) in [6, 6.07) is 0. The minimum atomic E-state index is -0.201. The van der Waals surface area contributed by atoms with Gasteiger partial charge in [0.1, 0.15) is 25.0 Å². The molecular formula is C12H20N5O2+. The minimum absolute atomic E-state index is 0.201. The Balaban J connectivity index is 0.000000190. The molecule has 0 saturated heterocycles. The monoisotopic (exact) mass is 266 g/mol. The fraction of sp³-hybridized carbons (Fsp3) is 0.500. The molecule has 0 atom stereocenters. The molecule has 0 unspecified atom stereocenters. The molecular weight excluding hydrogens is 246 g/mol. The summed E-state index contributed by atoms with van der Waals surface area (Å²) >= 11 is 0. The molecule has 2 rings (SSSR count). The number of esters is 1. The predicted octanol–water partition coefficient (Wildman–Crippen LogP) is 0.609. The highest BCUT2D eigenvalue weighted by molar-refractivity contribution is 5.67. The van der Waals surface area contributed by atoms with Crippen LogP contribution in [-0.4, -0.2) is 64.7 Å². The lowest BCUT2D eigenvalue weighted by Gasteiger charge is -2.23. The second-order valence-electron chi connectivity index (χ2n) is 5.02. The summed E-state index contributed by atoms with van der Waals surface area (Å²) in [5, 5.41) is 0. The van der Waals surface area contributed by atoms with E-state index in [9.17, 15) is 4.79 Å². The zero-order chi connectivity index (χ0) is 14.3. The molecule has 1 N–H and O–H groups in total. The summed E-state index contributed by atoms with van der Waals surface area (Å²) < 4.78 is 5.59. The maximum atomic E-state index is 10.3. The molecule has 19 heavy (non-hydrogen) atoms. The van der Waals surface area contributed by atoms with E-state index < -0.39 is 0 Å². The van der Waals surface area contributed by atoms with Gasteiger partial charge in [-0.2, -0.15) is 0 Å². The van der Waals surface area contributed by atoms with Gasteiger partial charge in [-0.15, -0.1) is 0 Å². The Bertz CT molecular complexity index is 488. The van der Waals surface area contributed by atoms with Crippen molar-refractivity contribution in [1.82, 2.24) is 19.9 Å². The Morgan fingerprint density at radius 1 is 1.37 bits per heavy atom. The number of carbonyl (C=O) groups excluding carboxylic acids is 1. The number of nitrogens with zero attached hydrogens (tertiary/aromatic N) is 4. The molecule has 0 radical (unpaired) electrons. The second kappa shape index (κ2) is 6.79. The number of ether oxygens (including phenoxy) is 1. The predicted molar refractivity (Wildman–Crippen MR) is 71.2 cm³/mol. The lowest BCUT2D eigenvalue weighted by molar-refractivity contribution is -0.870. The fourth-order valence-electron chi connectivity index (χ4n) is 1.15. The number of hydrogen-bond acceptors (Lipinski definition) is 5. The van der Waals surface area contributed by atoms with Crippen molar-refractivity contribution in [3.8, 4) is 0 Å². The van der Waals surface area contributed by atoms with Crippen LogP contribution in [0, 0.1) is 0 Å². The summed E-state index contributed by atoms with van der Waals surface area (Å²) in [6.07, 6.45) is 4.76. The minimum Gasteiger partial charge on any atom is -0.460 e. The third-order valence-corrected chi connectivity index (χ3v) is 2.17. The smallest absolute Gasteiger partial charge is 0.302 e. The van der Waals surface area contributed by atoms with Crippen molar-refractivity contribution in [2.24, 2.45) is 0 Å². The van der Waals surface area contributed by atoms with Crippen LogP contribution in [0.3, 0.4) is 0 Å². The Labute approximate surface area is 112 Å². The van der Waals surface area contributed by atoms with Crippen LogP contribution in [-0.2, 0) is 9.53 Å². The Morgan fingerprint density at radius 2 is 2.11 bits per heavy atom. The zero-order valence-corrected chi connectivity index (χ0v) is 11.8. The molecule has 104 valence electrons. The zero-order valence-electron chi connectivity index (χ0n) is 11.8. The fourth-order valence-corrected chi connectivity index (χ4v) is 1.15. The van der Waals surface area contributed by atoms with Crippen molar-refractivity contribution in [1.29, 1.82) is 0 Å². The third-order valence-electron chi connectivity index (χ3n) is 2.17. The normalized spacial score (nSPS) is 10.7. The molecule has 0 bridgehead atoms. The number of fused-ring (bicyclic) bond motifs is 1. The number of aromatic amines is 1. The SMILES string of the molecule is CC(=O)OCC[N+](C)(C)C.c1ncc2[nH]cnc2n1. The number of likely N-dealkylation sites (N-methyl/N-ethyl adjacent to an activating group) is 1. The molecule has 2 heterocycles. The van der Waals surface area contributed by atoms with Crippen molar-refractivity contribution in [2.45, 2.75) is 6.92 Å². The van der Waals surface area contributed by atoms with Gasteiger partial charge in [0.15, 0.2) is 5.65 Å². The molecule has 0 aromatic carbocycles. The van der Waals surface area contributed by atoms with E-state index in [0.29, 0.717) is 12.3 Å². The van der Waals surface area contributed by atoms with Crippen molar-refractivity contribution in [2.75, 3.05) is 34.3 Å². The van der Waals surface area contributed by atoms with Crippen LogP contribution in [0.2, 0.25) is 0 Å². The number of H-pyrrole nitrogens is 1. The van der Waals surface area contributed by atoms with Crippen molar-refractivity contribution in [3.05, 3.63) is 18.9 Å². The highest BCUT2D eigenvalue weighted by atomic mass is 16.5. The van der Waals surface area contributed by atoms with Crippen molar-refractivity contribution < 1.29 is 14.0 Å². The van der Waals surface area contributed by atoms with E-state index in [1.165, 1.54) is 13.3 Å². The molecule has 2 aromatic heterocycles. The quantitative estimate of drug-likeness (QED) is 0.650. The average Bonchev–Trinajstić information content (AvgIpc) is 2.75. The molecule has 0 amide bonds. The van der Waals surface area contributed by atoms with Gasteiger partial charge in [-0.3, -0.25) is 4.79 Å². The first kappa shape index (κ1) is 15.0. The number of nitrogens with one attached hydrogen (secondary N) is 1. The summed E-state index contributed by atoms with van der Waals surface area (Å²) in [5.41, 5.74) is 1.59. The number of imidazole rings is 1. The standard InChI is InChI=1S/C7H16NO2.C5H4N4/c1-7(9)10-6-5-8(2,3)4;1-4-5(8-2-6-1)9-3-7-4/h5-6H2,1-4H3;1-3H,(H,6,7,8,9)/q+1;. The summed E-state index contributed by atoms with van der Waals surface area (Å²) in [6.45, 7) is 2.80. The van der Waals surface area contributed by atoms with Crippen LogP contribution in [0.4, 0.5) is 0 Å². The molecule has 0 aliphatic heterocycles. The molecule has 0 spiro atoms. The first-order valence-electron chi connectivity index (χ1n) is 5.91. The average molecular weight is 266 g/mol. The van der Waals surface area contributed by atoms with Gasteiger partial charge in [0.2, 0.25) is 0 Å². The molecule has 0 aliphatic rings. The van der Waals surface area contributed by atoms with Crippen LogP contribution in [0.5, 0.6) is 0 Å². The maximum absolute atomic E-state index is 10.3. The number of rotatable bonds is 3. The lowest BCUT2D eigenvalue weighted by Crippen LogP contribution is -2.37. The first-order chi connectivity index (χ1) is 8.88. The van der Waals surface area contributed by atoms with Crippen LogP contribution in [0.1, 0.15) is 6.92 Å². The van der Waals surface area contributed by atoms with Crippen LogP contribution in [0.25, 0.3) is 11.2 Å².